The van der Waals surface area contributed by atoms with Crippen LogP contribution in [0, 0.1) is 6.07 Å². The van der Waals surface area contributed by atoms with Crippen LogP contribution in [0.1, 0.15) is 5.69 Å². The van der Waals surface area contributed by atoms with Gasteiger partial charge in [0.05, 0.1) is 5.69 Å². The Kier molecular flexibility index (Phi) is 1.25. The number of benzene rings is 1. The van der Waals surface area contributed by atoms with Crippen molar-refractivity contribution in [1.29, 1.82) is 0 Å². The van der Waals surface area contributed by atoms with Gasteiger partial charge in [-0.05, 0) is 6.07 Å². The van der Waals surface area contributed by atoms with Crippen molar-refractivity contribution in [3.05, 3.63) is 36.0 Å². The standard InChI is InChI=1S/C9H5NO/c11-6-8-5-7-3-1-2-4-9(7)10-8/h1-4,10H. The number of para-hydroxylation sites is 1. The fraction of sp³-hybridized carbons (Fsp3) is 0. The third-order valence-corrected chi connectivity index (χ3v) is 1.55. The summed E-state index contributed by atoms with van der Waals surface area (Å²) >= 11 is 0. The number of rotatable bonds is 1. The van der Waals surface area contributed by atoms with Crippen molar-refractivity contribution in [3.8, 4) is 0 Å². The summed E-state index contributed by atoms with van der Waals surface area (Å²) in [5.41, 5.74) is 1.30. The molecule has 2 rings (SSSR count). The summed E-state index contributed by atoms with van der Waals surface area (Å²) in [4.78, 5) is 13.1. The first-order valence-electron chi connectivity index (χ1n) is 3.28. The summed E-state index contributed by atoms with van der Waals surface area (Å²) in [5, 5.41) is 0.922. The highest BCUT2D eigenvalue weighted by atomic mass is 16.1. The van der Waals surface area contributed by atoms with Gasteiger partial charge in [-0.3, -0.25) is 4.79 Å². The number of hydrogen-bond acceptors (Lipinski definition) is 1. The van der Waals surface area contributed by atoms with E-state index in [1.54, 1.807) is 6.29 Å². The van der Waals surface area contributed by atoms with Gasteiger partial charge in [-0.2, -0.15) is 0 Å². The van der Waals surface area contributed by atoms with Gasteiger partial charge in [-0.15, -0.1) is 0 Å². The van der Waals surface area contributed by atoms with Gasteiger partial charge in [-0.1, -0.05) is 18.2 Å². The third kappa shape index (κ3) is 0.923. The van der Waals surface area contributed by atoms with Crippen LogP contribution in [0.25, 0.3) is 10.9 Å². The molecule has 0 unspecified atom stereocenters. The van der Waals surface area contributed by atoms with E-state index < -0.39 is 0 Å². The second-order valence-corrected chi connectivity index (χ2v) is 2.27. The average Bonchev–Trinajstić information content (AvgIpc) is 2.46. The minimum atomic E-state index is 0.381. The molecule has 0 fully saturated rings. The summed E-state index contributed by atoms with van der Waals surface area (Å²) in [5.74, 6) is 0. The molecular formula is C9H5NO. The van der Waals surface area contributed by atoms with Crippen molar-refractivity contribution in [2.24, 2.45) is 0 Å². The van der Waals surface area contributed by atoms with E-state index in [2.05, 4.69) is 11.1 Å². The molecule has 0 aliphatic carbocycles. The molecule has 2 heteroatoms. The van der Waals surface area contributed by atoms with E-state index in [1.165, 1.54) is 0 Å². The Morgan fingerprint density at radius 1 is 1.36 bits per heavy atom. The maximum Gasteiger partial charge on any atom is 0.251 e. The monoisotopic (exact) mass is 143 g/mol. The predicted octanol–water partition coefficient (Wildman–Crippen LogP) is 1.43. The molecule has 11 heavy (non-hydrogen) atoms. The highest BCUT2D eigenvalue weighted by molar-refractivity contribution is 5.86. The molecule has 0 aliphatic heterocycles. The lowest BCUT2D eigenvalue weighted by Gasteiger charge is -1.83. The summed E-state index contributed by atoms with van der Waals surface area (Å²) in [6, 6.07) is 10.5. The quantitative estimate of drug-likeness (QED) is 0.643. The maximum absolute atomic E-state index is 10.2. The molecule has 1 aromatic carbocycles. The van der Waals surface area contributed by atoms with Crippen molar-refractivity contribution in [2.75, 3.05) is 0 Å². The van der Waals surface area contributed by atoms with Crippen LogP contribution in [-0.2, 0) is 4.79 Å². The first-order valence-corrected chi connectivity index (χ1v) is 3.28. The molecule has 2 aromatic rings. The molecule has 1 N–H and O–H groups in total. The average molecular weight is 143 g/mol. The molecule has 0 saturated carbocycles. The Hall–Kier alpha value is -1.57. The van der Waals surface area contributed by atoms with Crippen LogP contribution in [0.5, 0.6) is 0 Å². The van der Waals surface area contributed by atoms with E-state index in [9.17, 15) is 4.79 Å². The molecule has 0 amide bonds. The van der Waals surface area contributed by atoms with Gasteiger partial charge in [0.25, 0.3) is 6.29 Å². The molecule has 1 aromatic heterocycles. The number of aromatic nitrogens is 1. The van der Waals surface area contributed by atoms with E-state index in [0.717, 1.165) is 10.9 Å². The number of hydrogen-bond donors (Lipinski definition) is 1. The first-order chi connectivity index (χ1) is 5.40. The van der Waals surface area contributed by atoms with Gasteiger partial charge in [0, 0.05) is 17.0 Å². The van der Waals surface area contributed by atoms with E-state index in [0.29, 0.717) is 5.69 Å². The van der Waals surface area contributed by atoms with Gasteiger partial charge >= 0.3 is 0 Å². The lowest BCUT2D eigenvalue weighted by molar-refractivity contribution is 0.561. The second kappa shape index (κ2) is 2.23. The van der Waals surface area contributed by atoms with Crippen molar-refractivity contribution in [2.45, 2.75) is 0 Å². The largest absolute Gasteiger partial charge is 0.351 e. The summed E-state index contributed by atoms with van der Waals surface area (Å²) < 4.78 is 0. The smallest absolute Gasteiger partial charge is 0.251 e. The molecular weight excluding hydrogens is 138 g/mol. The van der Waals surface area contributed by atoms with Crippen molar-refractivity contribution in [3.63, 3.8) is 0 Å². The topological polar surface area (TPSA) is 32.9 Å². The minimum Gasteiger partial charge on any atom is -0.351 e. The number of aromatic amines is 1. The number of carbonyl (C=O) groups excluding carboxylic acids is 1. The minimum absolute atomic E-state index is 0.381. The molecule has 0 aliphatic rings. The van der Waals surface area contributed by atoms with Crippen LogP contribution in [-0.4, -0.2) is 11.3 Å². The highest BCUT2D eigenvalue weighted by Gasteiger charge is 1.97. The molecule has 52 valence electrons. The van der Waals surface area contributed by atoms with Gasteiger partial charge in [0.1, 0.15) is 0 Å². The van der Waals surface area contributed by atoms with E-state index in [1.807, 2.05) is 24.3 Å². The highest BCUT2D eigenvalue weighted by Crippen LogP contribution is 2.11. The number of nitrogens with one attached hydrogen (secondary N) is 1. The van der Waals surface area contributed by atoms with Crippen LogP contribution in [0.4, 0.5) is 0 Å². The first kappa shape index (κ1) is 6.16. The molecule has 2 radical (unpaired) electrons. The van der Waals surface area contributed by atoms with Crippen molar-refractivity contribution >= 4 is 17.2 Å². The molecule has 0 bridgehead atoms. The van der Waals surface area contributed by atoms with Crippen LogP contribution >= 0.6 is 0 Å². The van der Waals surface area contributed by atoms with E-state index >= 15 is 0 Å². The Bertz CT molecular complexity index is 356. The molecule has 1 heterocycles. The summed E-state index contributed by atoms with van der Waals surface area (Å²) in [7, 11) is 0. The zero-order valence-electron chi connectivity index (χ0n) is 5.72. The van der Waals surface area contributed by atoms with Crippen LogP contribution < -0.4 is 0 Å². The van der Waals surface area contributed by atoms with Crippen LogP contribution in [0.2, 0.25) is 0 Å². The summed E-state index contributed by atoms with van der Waals surface area (Å²) in [6.07, 6.45) is 1.76. The fourth-order valence-corrected chi connectivity index (χ4v) is 1.05. The maximum atomic E-state index is 10.2. The fourth-order valence-electron chi connectivity index (χ4n) is 1.05. The number of H-pyrrole nitrogens is 1. The second-order valence-electron chi connectivity index (χ2n) is 2.27. The van der Waals surface area contributed by atoms with E-state index in [4.69, 9.17) is 0 Å². The van der Waals surface area contributed by atoms with Gasteiger partial charge in [0.15, 0.2) is 0 Å². The Morgan fingerprint density at radius 3 is 2.91 bits per heavy atom. The summed E-state index contributed by atoms with van der Waals surface area (Å²) in [6.45, 7) is 0. The third-order valence-electron chi connectivity index (χ3n) is 1.55. The predicted molar refractivity (Wildman–Crippen MR) is 41.9 cm³/mol. The Balaban J connectivity index is 2.78. The van der Waals surface area contributed by atoms with Crippen LogP contribution in [0.15, 0.2) is 24.3 Å². The van der Waals surface area contributed by atoms with Gasteiger partial charge < -0.3 is 4.98 Å². The Morgan fingerprint density at radius 2 is 2.18 bits per heavy atom. The zero-order chi connectivity index (χ0) is 7.68. The normalized spacial score (nSPS) is 10.2. The lowest BCUT2D eigenvalue weighted by atomic mass is 10.2. The molecule has 0 spiro atoms. The molecule has 2 nitrogen and oxygen atoms in total. The Labute approximate surface area is 63.8 Å². The van der Waals surface area contributed by atoms with Crippen molar-refractivity contribution in [1.82, 2.24) is 4.98 Å². The van der Waals surface area contributed by atoms with Gasteiger partial charge in [-0.25, -0.2) is 0 Å². The van der Waals surface area contributed by atoms with E-state index in [-0.39, 0.29) is 0 Å². The molecule has 0 atom stereocenters. The number of fused-ring (bicyclic) bond motifs is 1. The van der Waals surface area contributed by atoms with Gasteiger partial charge in [0.2, 0.25) is 0 Å². The SMILES string of the molecule is O=[C]c1[c]c2ccccc2[nH]1. The van der Waals surface area contributed by atoms with Crippen LogP contribution in [0.3, 0.4) is 0 Å². The zero-order valence-corrected chi connectivity index (χ0v) is 5.72. The van der Waals surface area contributed by atoms with Crippen molar-refractivity contribution < 1.29 is 4.79 Å². The lowest BCUT2D eigenvalue weighted by Crippen LogP contribution is -1.75. The molecule has 0 saturated heterocycles.